The summed E-state index contributed by atoms with van der Waals surface area (Å²) in [5.74, 6) is 0. The summed E-state index contributed by atoms with van der Waals surface area (Å²) >= 11 is 0. The van der Waals surface area contributed by atoms with Crippen LogP contribution in [0.1, 0.15) is 39.0 Å². The van der Waals surface area contributed by atoms with E-state index in [0.29, 0.717) is 6.54 Å². The molecule has 17 heavy (non-hydrogen) atoms. The summed E-state index contributed by atoms with van der Waals surface area (Å²) in [6.45, 7) is 8.02. The maximum atomic E-state index is 11.5. The lowest BCUT2D eigenvalue weighted by molar-refractivity contribution is 0.0523. The van der Waals surface area contributed by atoms with E-state index in [9.17, 15) is 4.79 Å². The quantitative estimate of drug-likeness (QED) is 0.877. The van der Waals surface area contributed by atoms with Crippen LogP contribution < -0.4 is 5.32 Å². The van der Waals surface area contributed by atoms with Crippen LogP contribution >= 0.6 is 0 Å². The first kappa shape index (κ1) is 13.5. The Kier molecular flexibility index (Phi) is 4.15. The van der Waals surface area contributed by atoms with Crippen LogP contribution in [0.15, 0.2) is 6.20 Å². The second-order valence-electron chi connectivity index (χ2n) is 4.98. The third-order valence-corrected chi connectivity index (χ3v) is 2.15. The fourth-order valence-corrected chi connectivity index (χ4v) is 1.51. The smallest absolute Gasteiger partial charge is 0.407 e. The minimum absolute atomic E-state index is 0.400. The van der Waals surface area contributed by atoms with Crippen LogP contribution in [0.25, 0.3) is 0 Å². The maximum absolute atomic E-state index is 11.5. The number of nitrogens with zero attached hydrogens (tertiary/aromatic N) is 2. The van der Waals surface area contributed by atoms with E-state index in [1.54, 1.807) is 4.68 Å². The molecule has 1 aromatic rings. The van der Waals surface area contributed by atoms with Gasteiger partial charge < -0.3 is 10.1 Å². The van der Waals surface area contributed by atoms with Crippen molar-refractivity contribution >= 4 is 6.09 Å². The summed E-state index contributed by atoms with van der Waals surface area (Å²) in [6, 6.07) is 0. The zero-order valence-corrected chi connectivity index (χ0v) is 11.2. The van der Waals surface area contributed by atoms with Gasteiger partial charge in [-0.15, -0.1) is 0 Å². The van der Waals surface area contributed by atoms with Crippen molar-refractivity contribution in [2.45, 2.75) is 46.3 Å². The topological polar surface area (TPSA) is 56.2 Å². The first-order chi connectivity index (χ1) is 7.81. The fraction of sp³-hybridized carbons (Fsp3) is 0.667. The van der Waals surface area contributed by atoms with Crippen molar-refractivity contribution in [1.82, 2.24) is 15.1 Å². The van der Waals surface area contributed by atoms with Gasteiger partial charge in [0, 0.05) is 25.4 Å². The van der Waals surface area contributed by atoms with Crippen molar-refractivity contribution in [2.24, 2.45) is 7.05 Å². The molecule has 0 unspecified atom stereocenters. The zero-order chi connectivity index (χ0) is 13.1. The molecular formula is C12H21N3O2. The number of aryl methyl sites for hydroxylation is 2. The lowest BCUT2D eigenvalue weighted by atomic mass is 10.2. The highest BCUT2D eigenvalue weighted by atomic mass is 16.6. The van der Waals surface area contributed by atoms with E-state index in [4.69, 9.17) is 4.74 Å². The molecule has 1 amide bonds. The molecule has 0 saturated heterocycles. The third-order valence-electron chi connectivity index (χ3n) is 2.15. The number of carbonyl (C=O) groups is 1. The molecule has 1 rings (SSSR count). The van der Waals surface area contributed by atoms with E-state index < -0.39 is 11.7 Å². The molecule has 0 aromatic carbocycles. The van der Waals surface area contributed by atoms with Gasteiger partial charge in [-0.25, -0.2) is 4.79 Å². The summed E-state index contributed by atoms with van der Waals surface area (Å²) in [6.07, 6.45) is 2.37. The van der Waals surface area contributed by atoms with Crippen LogP contribution in [0.5, 0.6) is 0 Å². The predicted molar refractivity (Wildman–Crippen MR) is 65.7 cm³/mol. The van der Waals surface area contributed by atoms with Crippen molar-refractivity contribution in [3.63, 3.8) is 0 Å². The van der Waals surface area contributed by atoms with Gasteiger partial charge in [0.15, 0.2) is 0 Å². The van der Waals surface area contributed by atoms with E-state index in [1.165, 1.54) is 0 Å². The monoisotopic (exact) mass is 239 g/mol. The molecule has 0 spiro atoms. The summed E-state index contributed by atoms with van der Waals surface area (Å²) in [5, 5.41) is 7.04. The van der Waals surface area contributed by atoms with Crippen LogP contribution in [0.2, 0.25) is 0 Å². The van der Waals surface area contributed by atoms with Crippen LogP contribution in [0.4, 0.5) is 4.79 Å². The minimum Gasteiger partial charge on any atom is -0.444 e. The standard InChI is InChI=1S/C12H21N3O2/c1-6-10-9(8-15(5)14-10)7-13-11(16)17-12(2,3)4/h8H,6-7H2,1-5H3,(H,13,16). The first-order valence-electron chi connectivity index (χ1n) is 5.80. The first-order valence-corrected chi connectivity index (χ1v) is 5.80. The fourth-order valence-electron chi connectivity index (χ4n) is 1.51. The lowest BCUT2D eigenvalue weighted by Crippen LogP contribution is -2.32. The van der Waals surface area contributed by atoms with Crippen molar-refractivity contribution in [3.8, 4) is 0 Å². The number of alkyl carbamates (subject to hydrolysis) is 1. The van der Waals surface area contributed by atoms with Gasteiger partial charge in [-0.1, -0.05) is 6.92 Å². The number of carbonyl (C=O) groups excluding carboxylic acids is 1. The Morgan fingerprint density at radius 1 is 1.53 bits per heavy atom. The Morgan fingerprint density at radius 3 is 2.71 bits per heavy atom. The molecule has 0 fully saturated rings. The highest BCUT2D eigenvalue weighted by molar-refractivity contribution is 5.67. The number of ether oxygens (including phenoxy) is 1. The zero-order valence-electron chi connectivity index (χ0n) is 11.2. The molecule has 5 nitrogen and oxygen atoms in total. The molecule has 1 aromatic heterocycles. The van der Waals surface area contributed by atoms with Crippen LogP contribution in [-0.2, 0) is 24.8 Å². The van der Waals surface area contributed by atoms with Gasteiger partial charge in [0.05, 0.1) is 5.69 Å². The van der Waals surface area contributed by atoms with Crippen LogP contribution in [0.3, 0.4) is 0 Å². The molecule has 1 heterocycles. The molecule has 0 aliphatic carbocycles. The molecular weight excluding hydrogens is 218 g/mol. The van der Waals surface area contributed by atoms with Crippen LogP contribution in [-0.4, -0.2) is 21.5 Å². The SMILES string of the molecule is CCc1nn(C)cc1CNC(=O)OC(C)(C)C. The highest BCUT2D eigenvalue weighted by Gasteiger charge is 2.16. The number of rotatable bonds is 3. The van der Waals surface area contributed by atoms with Crippen molar-refractivity contribution in [1.29, 1.82) is 0 Å². The van der Waals surface area contributed by atoms with Crippen molar-refractivity contribution in [3.05, 3.63) is 17.5 Å². The Labute approximate surface area is 102 Å². The van der Waals surface area contributed by atoms with E-state index in [-0.39, 0.29) is 0 Å². The Hall–Kier alpha value is -1.52. The normalized spacial score (nSPS) is 11.4. The average molecular weight is 239 g/mol. The van der Waals surface area contributed by atoms with Crippen molar-refractivity contribution < 1.29 is 9.53 Å². The molecule has 0 bridgehead atoms. The van der Waals surface area contributed by atoms with E-state index in [2.05, 4.69) is 10.4 Å². The Morgan fingerprint density at radius 2 is 2.18 bits per heavy atom. The lowest BCUT2D eigenvalue weighted by Gasteiger charge is -2.19. The van der Waals surface area contributed by atoms with Crippen molar-refractivity contribution in [2.75, 3.05) is 0 Å². The van der Waals surface area contributed by atoms with Gasteiger partial charge in [0.2, 0.25) is 0 Å². The molecule has 96 valence electrons. The predicted octanol–water partition coefficient (Wildman–Crippen LogP) is 2.01. The molecule has 0 aliphatic heterocycles. The van der Waals surface area contributed by atoms with E-state index >= 15 is 0 Å². The van der Waals surface area contributed by atoms with Gasteiger partial charge in [-0.05, 0) is 27.2 Å². The second-order valence-corrected chi connectivity index (χ2v) is 4.98. The molecule has 0 radical (unpaired) electrons. The number of hydrogen-bond donors (Lipinski definition) is 1. The highest BCUT2D eigenvalue weighted by Crippen LogP contribution is 2.09. The summed E-state index contributed by atoms with van der Waals surface area (Å²) in [5.41, 5.74) is 1.57. The van der Waals surface area contributed by atoms with E-state index in [1.807, 2.05) is 40.9 Å². The number of hydrogen-bond acceptors (Lipinski definition) is 3. The minimum atomic E-state index is -0.466. The molecule has 1 N–H and O–H groups in total. The Balaban J connectivity index is 2.53. The number of aromatic nitrogens is 2. The average Bonchev–Trinajstić information content (AvgIpc) is 2.53. The number of nitrogens with one attached hydrogen (secondary N) is 1. The van der Waals surface area contributed by atoms with Gasteiger partial charge in [-0.3, -0.25) is 4.68 Å². The van der Waals surface area contributed by atoms with Gasteiger partial charge in [0.1, 0.15) is 5.60 Å². The summed E-state index contributed by atoms with van der Waals surface area (Å²) < 4.78 is 6.92. The van der Waals surface area contributed by atoms with Gasteiger partial charge in [0.25, 0.3) is 0 Å². The molecule has 0 atom stereocenters. The molecule has 0 saturated carbocycles. The maximum Gasteiger partial charge on any atom is 0.407 e. The second kappa shape index (κ2) is 5.21. The van der Waals surface area contributed by atoms with Gasteiger partial charge in [-0.2, -0.15) is 5.10 Å². The summed E-state index contributed by atoms with van der Waals surface area (Å²) in [4.78, 5) is 11.5. The Bertz CT molecular complexity index is 391. The molecule has 0 aliphatic rings. The largest absolute Gasteiger partial charge is 0.444 e. The van der Waals surface area contributed by atoms with Crippen LogP contribution in [0, 0.1) is 0 Å². The number of amides is 1. The third kappa shape index (κ3) is 4.46. The van der Waals surface area contributed by atoms with E-state index in [0.717, 1.165) is 17.7 Å². The van der Waals surface area contributed by atoms with Gasteiger partial charge >= 0.3 is 6.09 Å². The summed E-state index contributed by atoms with van der Waals surface area (Å²) in [7, 11) is 1.87. The molecule has 5 heteroatoms.